The summed E-state index contributed by atoms with van der Waals surface area (Å²) in [5.41, 5.74) is -0.870. The molecule has 0 heterocycles. The van der Waals surface area contributed by atoms with Crippen molar-refractivity contribution in [1.82, 2.24) is 0 Å². The molecule has 1 aromatic carbocycles. The minimum absolute atomic E-state index is 0.0877. The van der Waals surface area contributed by atoms with Crippen molar-refractivity contribution in [2.24, 2.45) is 0 Å². The average Bonchev–Trinajstić information content (AvgIpc) is 2.07. The second kappa shape index (κ2) is 3.88. The van der Waals surface area contributed by atoms with Crippen LogP contribution in [0.3, 0.4) is 0 Å². The summed E-state index contributed by atoms with van der Waals surface area (Å²) in [5.74, 6) is -0.136. The number of hydrogen-bond donors (Lipinski definition) is 0. The molecule has 0 aliphatic heterocycles. The highest BCUT2D eigenvalue weighted by molar-refractivity contribution is 9.10. The van der Waals surface area contributed by atoms with Gasteiger partial charge in [-0.2, -0.15) is 13.2 Å². The van der Waals surface area contributed by atoms with Crippen LogP contribution in [0.2, 0.25) is 0 Å². The molecule has 14 heavy (non-hydrogen) atoms. The number of benzene rings is 1. The number of halogens is 4. The monoisotopic (exact) mass is 265 g/mol. The van der Waals surface area contributed by atoms with Crippen LogP contribution in [0.25, 0.3) is 0 Å². The van der Waals surface area contributed by atoms with Gasteiger partial charge in [-0.3, -0.25) is 0 Å². The fraction of sp³-hybridized carbons (Fsp3) is 0.125. The molecule has 0 spiro atoms. The Bertz CT molecular complexity index is 383. The molecule has 0 aromatic heterocycles. The molecule has 1 aromatic rings. The Balaban J connectivity index is 3.17. The van der Waals surface area contributed by atoms with Gasteiger partial charge >= 0.3 is 6.18 Å². The first-order valence-corrected chi connectivity index (χ1v) is 4.17. The predicted octanol–water partition coefficient (Wildman–Crippen LogP) is 3.33. The van der Waals surface area contributed by atoms with Gasteiger partial charge in [0, 0.05) is 4.47 Å². The van der Waals surface area contributed by atoms with E-state index in [-0.39, 0.29) is 10.2 Å². The van der Waals surface area contributed by atoms with Crippen molar-refractivity contribution in [3.05, 3.63) is 28.2 Å². The fourth-order valence-electron chi connectivity index (χ4n) is 0.838. The molecule has 0 bridgehead atoms. The molecule has 74 valence electrons. The van der Waals surface area contributed by atoms with Crippen molar-refractivity contribution < 1.29 is 17.9 Å². The van der Waals surface area contributed by atoms with E-state index in [0.29, 0.717) is 0 Å². The van der Waals surface area contributed by atoms with E-state index in [4.69, 9.17) is 5.26 Å². The third-order valence-electron chi connectivity index (χ3n) is 1.41. The second-order valence-corrected chi connectivity index (χ2v) is 3.19. The molecule has 1 rings (SSSR count). The van der Waals surface area contributed by atoms with Crippen molar-refractivity contribution in [2.45, 2.75) is 6.18 Å². The molecule has 2 nitrogen and oxygen atoms in total. The Kier molecular flexibility index (Phi) is 3.01. The number of ether oxygens (including phenoxy) is 1. The Hall–Kier alpha value is -1.22. The lowest BCUT2D eigenvalue weighted by molar-refractivity contribution is -0.138. The summed E-state index contributed by atoms with van der Waals surface area (Å²) in [4.78, 5) is 0. The van der Waals surface area contributed by atoms with E-state index in [0.717, 1.165) is 6.07 Å². The van der Waals surface area contributed by atoms with Gasteiger partial charge < -0.3 is 4.74 Å². The molecule has 0 fully saturated rings. The highest BCUT2D eigenvalue weighted by atomic mass is 79.9. The van der Waals surface area contributed by atoms with Crippen molar-refractivity contribution in [3.63, 3.8) is 0 Å². The van der Waals surface area contributed by atoms with E-state index in [1.165, 1.54) is 18.4 Å². The lowest BCUT2D eigenvalue weighted by Crippen LogP contribution is -2.06. The summed E-state index contributed by atoms with van der Waals surface area (Å²) in [7, 11) is 0. The van der Waals surface area contributed by atoms with Crippen LogP contribution >= 0.6 is 15.9 Å². The molecule has 0 unspecified atom stereocenters. The molecule has 0 saturated heterocycles. The third-order valence-corrected chi connectivity index (χ3v) is 2.10. The summed E-state index contributed by atoms with van der Waals surface area (Å²) < 4.78 is 41.1. The highest BCUT2D eigenvalue weighted by Crippen LogP contribution is 2.36. The first-order valence-electron chi connectivity index (χ1n) is 3.38. The van der Waals surface area contributed by atoms with Crippen LogP contribution in [-0.2, 0) is 6.18 Å². The van der Waals surface area contributed by atoms with E-state index in [2.05, 4.69) is 20.7 Å². The van der Waals surface area contributed by atoms with Crippen LogP contribution < -0.4 is 4.74 Å². The van der Waals surface area contributed by atoms with Gasteiger partial charge in [-0.05, 0) is 18.2 Å². The number of nitrogens with zero attached hydrogens (tertiary/aromatic N) is 1. The molecule has 0 atom stereocenters. The van der Waals surface area contributed by atoms with Gasteiger partial charge in [-0.1, -0.05) is 15.9 Å². The SMILES string of the molecule is N#COc1ccc(Br)c(C(F)(F)F)c1. The Morgan fingerprint density at radius 2 is 2.00 bits per heavy atom. The zero-order valence-electron chi connectivity index (χ0n) is 6.60. The first kappa shape index (κ1) is 10.9. The van der Waals surface area contributed by atoms with E-state index in [9.17, 15) is 13.2 Å². The fourth-order valence-corrected chi connectivity index (χ4v) is 1.31. The maximum Gasteiger partial charge on any atom is 0.417 e. The Labute approximate surface area is 86.0 Å². The minimum atomic E-state index is -4.46. The summed E-state index contributed by atoms with van der Waals surface area (Å²) >= 11 is 2.76. The third kappa shape index (κ3) is 2.39. The molecule has 0 saturated carbocycles. The maximum absolute atomic E-state index is 12.3. The van der Waals surface area contributed by atoms with Gasteiger partial charge in [0.15, 0.2) is 0 Å². The molecule has 6 heteroatoms. The van der Waals surface area contributed by atoms with Crippen LogP contribution in [0.4, 0.5) is 13.2 Å². The van der Waals surface area contributed by atoms with Crippen LogP contribution in [0.5, 0.6) is 5.75 Å². The smallest absolute Gasteiger partial charge is 0.388 e. The molecule has 0 aliphatic rings. The first-order chi connectivity index (χ1) is 6.45. The van der Waals surface area contributed by atoms with Gasteiger partial charge in [-0.15, -0.1) is 5.26 Å². The predicted molar refractivity (Wildman–Crippen MR) is 45.4 cm³/mol. The van der Waals surface area contributed by atoms with E-state index < -0.39 is 11.7 Å². The van der Waals surface area contributed by atoms with Crippen LogP contribution in [-0.4, -0.2) is 0 Å². The van der Waals surface area contributed by atoms with Crippen molar-refractivity contribution in [1.29, 1.82) is 5.26 Å². The molecule has 0 radical (unpaired) electrons. The van der Waals surface area contributed by atoms with Crippen molar-refractivity contribution in [2.75, 3.05) is 0 Å². The van der Waals surface area contributed by atoms with Gasteiger partial charge in [-0.25, -0.2) is 0 Å². The van der Waals surface area contributed by atoms with Gasteiger partial charge in [0.05, 0.1) is 5.56 Å². The van der Waals surface area contributed by atoms with E-state index in [1.807, 2.05) is 0 Å². The summed E-state index contributed by atoms with van der Waals surface area (Å²) in [6.45, 7) is 0. The Morgan fingerprint density at radius 1 is 1.36 bits per heavy atom. The van der Waals surface area contributed by atoms with Gasteiger partial charge in [0.2, 0.25) is 0 Å². The Morgan fingerprint density at radius 3 is 2.50 bits per heavy atom. The number of rotatable bonds is 1. The lowest BCUT2D eigenvalue weighted by Gasteiger charge is -2.09. The molecular formula is C8H3BrF3NO. The summed E-state index contributed by atoms with van der Waals surface area (Å²) in [6, 6.07) is 3.20. The number of nitriles is 1. The van der Waals surface area contributed by atoms with Crippen LogP contribution in [0.1, 0.15) is 5.56 Å². The van der Waals surface area contributed by atoms with E-state index in [1.54, 1.807) is 0 Å². The van der Waals surface area contributed by atoms with Crippen molar-refractivity contribution >= 4 is 15.9 Å². The largest absolute Gasteiger partial charge is 0.417 e. The van der Waals surface area contributed by atoms with Gasteiger partial charge in [0.25, 0.3) is 6.26 Å². The van der Waals surface area contributed by atoms with Crippen molar-refractivity contribution in [3.8, 4) is 12.0 Å². The number of alkyl halides is 3. The van der Waals surface area contributed by atoms with E-state index >= 15 is 0 Å². The van der Waals surface area contributed by atoms with Gasteiger partial charge in [0.1, 0.15) is 5.75 Å². The normalized spacial score (nSPS) is 10.8. The topological polar surface area (TPSA) is 33.0 Å². The zero-order valence-corrected chi connectivity index (χ0v) is 8.19. The average molecular weight is 266 g/mol. The van der Waals surface area contributed by atoms with Crippen LogP contribution in [0.15, 0.2) is 22.7 Å². The molecule has 0 N–H and O–H groups in total. The molecular weight excluding hydrogens is 263 g/mol. The zero-order chi connectivity index (χ0) is 10.8. The molecule has 0 amide bonds. The summed E-state index contributed by atoms with van der Waals surface area (Å²) in [6.07, 6.45) is -3.17. The number of hydrogen-bond acceptors (Lipinski definition) is 2. The van der Waals surface area contributed by atoms with Crippen LogP contribution in [0, 0.1) is 11.5 Å². The lowest BCUT2D eigenvalue weighted by atomic mass is 10.2. The second-order valence-electron chi connectivity index (χ2n) is 2.33. The molecule has 0 aliphatic carbocycles. The standard InChI is InChI=1S/C8H3BrF3NO/c9-7-2-1-5(14-4-13)3-6(7)8(10,11)12/h1-3H. The summed E-state index contributed by atoms with van der Waals surface area (Å²) in [5, 5.41) is 8.12. The highest BCUT2D eigenvalue weighted by Gasteiger charge is 2.33. The maximum atomic E-state index is 12.3. The quantitative estimate of drug-likeness (QED) is 0.730. The minimum Gasteiger partial charge on any atom is -0.388 e.